The summed E-state index contributed by atoms with van der Waals surface area (Å²) in [5.41, 5.74) is -0.921. The minimum atomic E-state index is -0.789. The van der Waals surface area contributed by atoms with E-state index in [-0.39, 0.29) is 23.8 Å². The van der Waals surface area contributed by atoms with Crippen molar-refractivity contribution in [2.24, 2.45) is 0 Å². The Balaban J connectivity index is 1.61. The van der Waals surface area contributed by atoms with Gasteiger partial charge in [-0.05, 0) is 32.9 Å². The Kier molecular flexibility index (Phi) is 5.55. The highest BCUT2D eigenvalue weighted by Gasteiger charge is 2.55. The molecule has 0 saturated carbocycles. The van der Waals surface area contributed by atoms with Crippen LogP contribution in [0, 0.1) is 0 Å². The molecule has 2 aliphatic rings. The molecule has 2 N–H and O–H groups in total. The van der Waals surface area contributed by atoms with Gasteiger partial charge in [0.15, 0.2) is 12.3 Å². The number of thioether (sulfide) groups is 1. The van der Waals surface area contributed by atoms with Crippen molar-refractivity contribution < 1.29 is 29.0 Å². The van der Waals surface area contributed by atoms with Crippen molar-refractivity contribution in [1.82, 2.24) is 10.2 Å². The standard InChI is InChI=1S/C19H22N2O6S/c1-19(2,3)27-18(25)15-12(22)10-28-17-14(16(24)21(15)17)20-13(23)9-26-11-7-5-4-6-8-11/h4-8,14,17,22H,9-10H2,1-3H3,(H,20,23)/t14?,17-/m0/s1. The molecule has 3 rings (SSSR count). The van der Waals surface area contributed by atoms with E-state index in [4.69, 9.17) is 9.47 Å². The van der Waals surface area contributed by atoms with E-state index in [0.29, 0.717) is 5.75 Å². The van der Waals surface area contributed by atoms with E-state index in [0.717, 1.165) is 0 Å². The fourth-order valence-corrected chi connectivity index (χ4v) is 4.00. The van der Waals surface area contributed by atoms with Gasteiger partial charge in [-0.15, -0.1) is 11.8 Å². The van der Waals surface area contributed by atoms with Crippen molar-refractivity contribution in [3.8, 4) is 5.75 Å². The zero-order chi connectivity index (χ0) is 20.5. The molecule has 2 atom stereocenters. The number of benzene rings is 1. The van der Waals surface area contributed by atoms with Gasteiger partial charge in [0.25, 0.3) is 11.8 Å². The second-order valence-corrected chi connectivity index (χ2v) is 8.46. The number of carbonyl (C=O) groups is 3. The van der Waals surface area contributed by atoms with E-state index < -0.39 is 34.8 Å². The first-order chi connectivity index (χ1) is 13.2. The SMILES string of the molecule is CC(C)(C)OC(=O)C1=C(O)CS[C@H]2C(NC(=O)COc3ccccc3)C(=O)N12. The summed E-state index contributed by atoms with van der Waals surface area (Å²) in [5.74, 6) is -1.19. The summed E-state index contributed by atoms with van der Waals surface area (Å²) >= 11 is 1.26. The van der Waals surface area contributed by atoms with Gasteiger partial charge in [-0.3, -0.25) is 14.5 Å². The lowest BCUT2D eigenvalue weighted by Gasteiger charge is -2.49. The van der Waals surface area contributed by atoms with Gasteiger partial charge in [-0.1, -0.05) is 18.2 Å². The maximum atomic E-state index is 12.5. The number of para-hydroxylation sites is 1. The second-order valence-electron chi connectivity index (χ2n) is 7.35. The van der Waals surface area contributed by atoms with Crippen LogP contribution in [0.2, 0.25) is 0 Å². The molecule has 1 aromatic rings. The molecule has 2 heterocycles. The number of fused-ring (bicyclic) bond motifs is 1. The molecule has 0 aliphatic carbocycles. The number of rotatable bonds is 5. The average Bonchev–Trinajstić information content (AvgIpc) is 2.63. The molecule has 0 bridgehead atoms. The number of aliphatic hydroxyl groups is 1. The van der Waals surface area contributed by atoms with Crippen molar-refractivity contribution in [3.63, 3.8) is 0 Å². The monoisotopic (exact) mass is 406 g/mol. The van der Waals surface area contributed by atoms with Crippen molar-refractivity contribution in [2.45, 2.75) is 37.8 Å². The Labute approximate surface area is 166 Å². The van der Waals surface area contributed by atoms with Crippen molar-refractivity contribution in [3.05, 3.63) is 41.8 Å². The largest absolute Gasteiger partial charge is 0.509 e. The molecule has 2 aliphatic heterocycles. The summed E-state index contributed by atoms with van der Waals surface area (Å²) in [6.07, 6.45) is 0. The summed E-state index contributed by atoms with van der Waals surface area (Å²) in [6, 6.07) is 8.07. The molecule has 0 radical (unpaired) electrons. The third-order valence-electron chi connectivity index (χ3n) is 3.97. The van der Waals surface area contributed by atoms with Gasteiger partial charge in [0.05, 0.1) is 5.75 Å². The van der Waals surface area contributed by atoms with Gasteiger partial charge in [-0.25, -0.2) is 4.79 Å². The second kappa shape index (κ2) is 7.75. The molecule has 1 fully saturated rings. The van der Waals surface area contributed by atoms with Crippen LogP contribution >= 0.6 is 11.8 Å². The van der Waals surface area contributed by atoms with Crippen LogP contribution in [0.5, 0.6) is 5.75 Å². The summed E-state index contributed by atoms with van der Waals surface area (Å²) in [4.78, 5) is 38.3. The first-order valence-corrected chi connectivity index (χ1v) is 9.79. The number of carbonyl (C=O) groups excluding carboxylic acids is 3. The third-order valence-corrected chi connectivity index (χ3v) is 5.23. The molecule has 1 aromatic carbocycles. The maximum absolute atomic E-state index is 12.5. The molecule has 1 unspecified atom stereocenters. The number of ether oxygens (including phenoxy) is 2. The zero-order valence-corrected chi connectivity index (χ0v) is 16.6. The summed E-state index contributed by atoms with van der Waals surface area (Å²) in [6.45, 7) is 4.87. The molecular formula is C19H22N2O6S. The zero-order valence-electron chi connectivity index (χ0n) is 15.8. The number of hydrogen-bond acceptors (Lipinski definition) is 7. The minimum absolute atomic E-state index is 0.149. The van der Waals surface area contributed by atoms with Gasteiger partial charge in [0.2, 0.25) is 0 Å². The van der Waals surface area contributed by atoms with Gasteiger partial charge in [0.1, 0.15) is 28.5 Å². The van der Waals surface area contributed by atoms with Gasteiger partial charge >= 0.3 is 5.97 Å². The number of aliphatic hydroxyl groups excluding tert-OH is 1. The van der Waals surface area contributed by atoms with Crippen molar-refractivity contribution in [2.75, 3.05) is 12.4 Å². The topological polar surface area (TPSA) is 105 Å². The molecular weight excluding hydrogens is 384 g/mol. The number of β-lactam (4-membered cyclic amide) rings is 1. The van der Waals surface area contributed by atoms with E-state index in [1.165, 1.54) is 16.7 Å². The van der Waals surface area contributed by atoms with Crippen LogP contribution in [0.3, 0.4) is 0 Å². The fraction of sp³-hybridized carbons (Fsp3) is 0.421. The van der Waals surface area contributed by atoms with Crippen molar-refractivity contribution in [1.29, 1.82) is 0 Å². The van der Waals surface area contributed by atoms with E-state index in [2.05, 4.69) is 5.32 Å². The number of amides is 2. The van der Waals surface area contributed by atoms with Crippen LogP contribution in [0.4, 0.5) is 0 Å². The summed E-state index contributed by atoms with van der Waals surface area (Å²) in [7, 11) is 0. The highest BCUT2D eigenvalue weighted by atomic mass is 32.2. The van der Waals surface area contributed by atoms with Crippen LogP contribution < -0.4 is 10.1 Å². The predicted octanol–water partition coefficient (Wildman–Crippen LogP) is 1.58. The molecule has 28 heavy (non-hydrogen) atoms. The lowest BCUT2D eigenvalue weighted by atomic mass is 10.0. The molecule has 8 nitrogen and oxygen atoms in total. The van der Waals surface area contributed by atoms with Crippen LogP contribution in [0.25, 0.3) is 0 Å². The lowest BCUT2D eigenvalue weighted by Crippen LogP contribution is -2.71. The van der Waals surface area contributed by atoms with E-state index in [9.17, 15) is 19.5 Å². The summed E-state index contributed by atoms with van der Waals surface area (Å²) < 4.78 is 10.7. The molecule has 1 saturated heterocycles. The van der Waals surface area contributed by atoms with E-state index in [1.807, 2.05) is 6.07 Å². The highest BCUT2D eigenvalue weighted by molar-refractivity contribution is 8.00. The number of nitrogens with one attached hydrogen (secondary N) is 1. The smallest absolute Gasteiger partial charge is 0.359 e. The first kappa shape index (κ1) is 20.1. The lowest BCUT2D eigenvalue weighted by molar-refractivity contribution is -0.159. The fourth-order valence-electron chi connectivity index (χ4n) is 2.80. The van der Waals surface area contributed by atoms with Gasteiger partial charge in [-0.2, -0.15) is 0 Å². The minimum Gasteiger partial charge on any atom is -0.509 e. The van der Waals surface area contributed by atoms with Gasteiger partial charge in [0, 0.05) is 0 Å². The Hall–Kier alpha value is -2.68. The van der Waals surface area contributed by atoms with Crippen LogP contribution in [0.15, 0.2) is 41.8 Å². The molecule has 0 aromatic heterocycles. The van der Waals surface area contributed by atoms with Gasteiger partial charge < -0.3 is 19.9 Å². The Morgan fingerprint density at radius 1 is 1.29 bits per heavy atom. The molecule has 0 spiro atoms. The molecule has 2 amide bonds. The first-order valence-electron chi connectivity index (χ1n) is 8.75. The normalized spacial score (nSPS) is 21.5. The molecule has 9 heteroatoms. The van der Waals surface area contributed by atoms with E-state index in [1.54, 1.807) is 45.0 Å². The Morgan fingerprint density at radius 2 is 1.96 bits per heavy atom. The van der Waals surface area contributed by atoms with Crippen LogP contribution in [-0.4, -0.2) is 57.2 Å². The maximum Gasteiger partial charge on any atom is 0.359 e. The quantitative estimate of drug-likeness (QED) is 0.565. The number of hydrogen-bond donors (Lipinski definition) is 2. The van der Waals surface area contributed by atoms with Crippen molar-refractivity contribution >= 4 is 29.5 Å². The Bertz CT molecular complexity index is 817. The predicted molar refractivity (Wildman–Crippen MR) is 102 cm³/mol. The number of esters is 1. The van der Waals surface area contributed by atoms with Crippen LogP contribution in [-0.2, 0) is 19.1 Å². The highest BCUT2D eigenvalue weighted by Crippen LogP contribution is 2.40. The summed E-state index contributed by atoms with van der Waals surface area (Å²) in [5, 5.41) is 12.3. The number of nitrogens with zero attached hydrogens (tertiary/aromatic N) is 1. The average molecular weight is 406 g/mol. The third kappa shape index (κ3) is 4.24. The van der Waals surface area contributed by atoms with Crippen LogP contribution in [0.1, 0.15) is 20.8 Å². The Morgan fingerprint density at radius 3 is 2.61 bits per heavy atom. The molecule has 150 valence electrons. The van der Waals surface area contributed by atoms with E-state index >= 15 is 0 Å².